The first kappa shape index (κ1) is 19.4. The van der Waals surface area contributed by atoms with Crippen LogP contribution in [0.1, 0.15) is 32.1 Å². The van der Waals surface area contributed by atoms with Crippen LogP contribution in [0, 0.1) is 5.95 Å². The van der Waals surface area contributed by atoms with Crippen molar-refractivity contribution >= 4 is 17.1 Å². The Kier molecular flexibility index (Phi) is 4.78. The number of hydrogen-bond donors (Lipinski definition) is 2. The van der Waals surface area contributed by atoms with Gasteiger partial charge in [-0.1, -0.05) is 5.16 Å². The highest BCUT2D eigenvalue weighted by Crippen LogP contribution is 2.23. The zero-order valence-electron chi connectivity index (χ0n) is 16.5. The van der Waals surface area contributed by atoms with Crippen molar-refractivity contribution in [3.05, 3.63) is 66.7 Å². The largest absolute Gasteiger partial charge is 0.358 e. The number of halogens is 1. The van der Waals surface area contributed by atoms with E-state index in [1.165, 1.54) is 31.0 Å². The van der Waals surface area contributed by atoms with E-state index in [4.69, 9.17) is 4.52 Å². The second-order valence-corrected chi connectivity index (χ2v) is 6.79. The van der Waals surface area contributed by atoms with Crippen LogP contribution < -0.4 is 5.32 Å². The second kappa shape index (κ2) is 7.91. The highest BCUT2D eigenvalue weighted by atomic mass is 19.1. The van der Waals surface area contributed by atoms with Crippen molar-refractivity contribution in [2.75, 3.05) is 0 Å². The monoisotopic (exact) mass is 435 g/mol. The molecule has 1 atom stereocenters. The number of amides is 1. The lowest BCUT2D eigenvalue weighted by Gasteiger charge is -2.10. The van der Waals surface area contributed by atoms with E-state index in [1.807, 2.05) is 0 Å². The van der Waals surface area contributed by atoms with E-state index in [0.29, 0.717) is 28.4 Å². The summed E-state index contributed by atoms with van der Waals surface area (Å²) in [6.07, 6.45) is 5.54. The molecule has 0 aliphatic heterocycles. The van der Waals surface area contributed by atoms with Gasteiger partial charge >= 0.3 is 0 Å². The Morgan fingerprint density at radius 1 is 1.19 bits per heavy atom. The average molecular weight is 435 g/mol. The topological polar surface area (TPSA) is 148 Å². The van der Waals surface area contributed by atoms with Crippen LogP contribution in [0.15, 0.2) is 53.8 Å². The predicted octanol–water partition coefficient (Wildman–Crippen LogP) is 2.98. The van der Waals surface area contributed by atoms with Gasteiger partial charge in [-0.15, -0.1) is 0 Å². The van der Waals surface area contributed by atoms with E-state index in [0.717, 1.165) is 0 Å². The first-order chi connectivity index (χ1) is 15.6. The molecule has 12 heteroatoms. The van der Waals surface area contributed by atoms with Gasteiger partial charge in [0.2, 0.25) is 5.95 Å². The van der Waals surface area contributed by atoms with Gasteiger partial charge in [-0.2, -0.15) is 4.39 Å². The maximum atomic E-state index is 13.9. The number of aromatic amines is 1. The van der Waals surface area contributed by atoms with Crippen molar-refractivity contribution < 1.29 is 16.6 Å². The number of hydrogen-bond acceptors (Lipinski definition) is 9. The molecule has 2 N–H and O–H groups in total. The van der Waals surface area contributed by atoms with E-state index < -0.39 is 17.9 Å². The number of imidazole rings is 1. The van der Waals surface area contributed by atoms with Crippen LogP contribution in [0.4, 0.5) is 4.39 Å². The maximum Gasteiger partial charge on any atom is 0.270 e. The molecule has 5 heterocycles. The molecule has 0 aromatic carbocycles. The summed E-state index contributed by atoms with van der Waals surface area (Å²) >= 11 is 0. The number of aromatic nitrogens is 8. The summed E-state index contributed by atoms with van der Waals surface area (Å²) < 4.78 is 19.3. The molecule has 0 radical (unpaired) electrons. The minimum absolute atomic E-state index is 0. The van der Waals surface area contributed by atoms with Gasteiger partial charge in [0.15, 0.2) is 17.2 Å². The van der Waals surface area contributed by atoms with Gasteiger partial charge < -0.3 is 14.8 Å². The molecule has 0 fully saturated rings. The number of fused-ring (bicyclic) bond motifs is 1. The molecule has 162 valence electrons. The van der Waals surface area contributed by atoms with Crippen LogP contribution >= 0.6 is 0 Å². The highest BCUT2D eigenvalue weighted by molar-refractivity contribution is 5.93. The van der Waals surface area contributed by atoms with Crippen molar-refractivity contribution in [1.82, 2.24) is 45.4 Å². The summed E-state index contributed by atoms with van der Waals surface area (Å²) in [5.74, 6) is -0.292. The third kappa shape index (κ3) is 3.64. The molecule has 0 aliphatic carbocycles. The van der Waals surface area contributed by atoms with Crippen LogP contribution in [0.3, 0.4) is 0 Å². The molecule has 1 amide bonds. The fourth-order valence-electron chi connectivity index (χ4n) is 3.04. The molecule has 0 saturated carbocycles. The number of rotatable bonds is 5. The second-order valence-electron chi connectivity index (χ2n) is 6.79. The van der Waals surface area contributed by atoms with Crippen molar-refractivity contribution in [2.45, 2.75) is 13.0 Å². The van der Waals surface area contributed by atoms with Gasteiger partial charge in [-0.05, 0) is 25.1 Å². The summed E-state index contributed by atoms with van der Waals surface area (Å²) in [4.78, 5) is 39.7. The van der Waals surface area contributed by atoms with Crippen LogP contribution in [-0.4, -0.2) is 46.0 Å². The van der Waals surface area contributed by atoms with E-state index in [-0.39, 0.29) is 19.8 Å². The Morgan fingerprint density at radius 3 is 2.94 bits per heavy atom. The molecule has 0 spiro atoms. The third-order valence-corrected chi connectivity index (χ3v) is 4.64. The van der Waals surface area contributed by atoms with Gasteiger partial charge in [0, 0.05) is 15.1 Å². The Balaban J connectivity index is 0.00000162. The van der Waals surface area contributed by atoms with Gasteiger partial charge in [0.05, 0.1) is 23.5 Å². The molecule has 5 aromatic rings. The molecule has 0 aliphatic rings. The summed E-state index contributed by atoms with van der Waals surface area (Å²) in [6, 6.07) is 5.63. The van der Waals surface area contributed by atoms with Crippen LogP contribution in [-0.2, 0) is 0 Å². The lowest BCUT2D eigenvalue weighted by molar-refractivity contribution is 0.0928. The van der Waals surface area contributed by atoms with Crippen molar-refractivity contribution in [3.8, 4) is 22.8 Å². The fourth-order valence-corrected chi connectivity index (χ4v) is 3.04. The van der Waals surface area contributed by atoms with Gasteiger partial charge in [0.1, 0.15) is 29.6 Å². The number of H-pyrrole nitrogens is 1. The molecule has 0 saturated heterocycles. The smallest absolute Gasteiger partial charge is 0.270 e. The van der Waals surface area contributed by atoms with Crippen LogP contribution in [0.2, 0.25) is 0 Å². The van der Waals surface area contributed by atoms with Crippen LogP contribution in [0.25, 0.3) is 33.9 Å². The standard InChI is InChI=1S/C20H14FN9O2.2H2/c1-10(16-6-13(30-32-16)19-28-15-7-22-8-26-18(15)29-19)27-20(31)14-5-12(24-9-25-14)11-3-2-4-23-17(11)21;;/h2-10H,1H3,(H,27,31)(H,22,26,28,29);2*1H/t10-;;/m1../s1. The summed E-state index contributed by atoms with van der Waals surface area (Å²) in [7, 11) is 0. The minimum atomic E-state index is -0.684. The van der Waals surface area contributed by atoms with E-state index in [1.54, 1.807) is 25.3 Å². The summed E-state index contributed by atoms with van der Waals surface area (Å²) in [5.41, 5.74) is 2.12. The Labute approximate surface area is 182 Å². The van der Waals surface area contributed by atoms with Crippen molar-refractivity contribution in [3.63, 3.8) is 0 Å². The minimum Gasteiger partial charge on any atom is -0.358 e. The van der Waals surface area contributed by atoms with Gasteiger partial charge in [-0.3, -0.25) is 4.79 Å². The first-order valence-electron chi connectivity index (χ1n) is 9.45. The molecule has 5 rings (SSSR count). The Morgan fingerprint density at radius 2 is 2.09 bits per heavy atom. The Bertz CT molecular complexity index is 1410. The lowest BCUT2D eigenvalue weighted by atomic mass is 10.1. The zero-order valence-corrected chi connectivity index (χ0v) is 16.5. The maximum absolute atomic E-state index is 13.9. The Hall–Kier alpha value is -4.61. The number of nitrogens with zero attached hydrogens (tertiary/aromatic N) is 7. The van der Waals surface area contributed by atoms with E-state index in [2.05, 4.69) is 45.4 Å². The normalized spacial score (nSPS) is 12.1. The van der Waals surface area contributed by atoms with Crippen LogP contribution in [0.5, 0.6) is 0 Å². The van der Waals surface area contributed by atoms with E-state index >= 15 is 0 Å². The van der Waals surface area contributed by atoms with Gasteiger partial charge in [-0.25, -0.2) is 29.9 Å². The lowest BCUT2D eigenvalue weighted by Crippen LogP contribution is -2.27. The molecule has 5 aromatic heterocycles. The van der Waals surface area contributed by atoms with E-state index in [9.17, 15) is 9.18 Å². The number of pyridine rings is 1. The quantitative estimate of drug-likeness (QED) is 0.397. The molecule has 0 bridgehead atoms. The SMILES string of the molecule is C[C@@H](NC(=O)c1cc(-c2cccnc2F)ncn1)c1cc(-c2nc3ncncc3[nH]2)no1.[HH].[HH]. The van der Waals surface area contributed by atoms with Gasteiger partial charge in [0.25, 0.3) is 5.91 Å². The molecule has 0 unspecified atom stereocenters. The van der Waals surface area contributed by atoms with Crippen molar-refractivity contribution in [1.29, 1.82) is 0 Å². The third-order valence-electron chi connectivity index (χ3n) is 4.64. The zero-order chi connectivity index (χ0) is 22.1. The number of nitrogens with one attached hydrogen (secondary N) is 2. The summed E-state index contributed by atoms with van der Waals surface area (Å²) in [6.45, 7) is 1.73. The molecular formula is C20H18FN9O2. The highest BCUT2D eigenvalue weighted by Gasteiger charge is 2.20. The molecule has 11 nitrogen and oxygen atoms in total. The van der Waals surface area contributed by atoms with Crippen molar-refractivity contribution in [2.24, 2.45) is 0 Å². The summed E-state index contributed by atoms with van der Waals surface area (Å²) in [5, 5.41) is 6.78. The number of carbonyl (C=O) groups excluding carboxylic acids is 1. The number of carbonyl (C=O) groups is 1. The molecule has 32 heavy (non-hydrogen) atoms. The first-order valence-corrected chi connectivity index (χ1v) is 9.45. The fraction of sp³-hybridized carbons (Fsp3) is 0.100. The predicted molar refractivity (Wildman–Crippen MR) is 113 cm³/mol. The average Bonchev–Trinajstić information content (AvgIpc) is 3.47. The molecular weight excluding hydrogens is 417 g/mol.